The fraction of sp³-hybridized carbons (Fsp3) is 0.600. The molecule has 3 N–H and O–H groups in total. The minimum atomic E-state index is -1.75. The number of carboxylic acid groups (broad SMARTS) is 1. The average Bonchev–Trinajstić information content (AvgIpc) is 2.73. The first-order chi connectivity index (χ1) is 15.8. The number of carbonyl (C=O) groups excluding carboxylic acids is 3. The van der Waals surface area contributed by atoms with Gasteiger partial charge in [-0.25, -0.2) is 0 Å². The summed E-state index contributed by atoms with van der Waals surface area (Å²) in [5.74, 6) is -3.51. The summed E-state index contributed by atoms with van der Waals surface area (Å²) in [6.45, 7) is 10.2. The van der Waals surface area contributed by atoms with Gasteiger partial charge in [-0.2, -0.15) is 0 Å². The van der Waals surface area contributed by atoms with E-state index in [9.17, 15) is 24.3 Å². The van der Waals surface area contributed by atoms with E-state index in [1.807, 2.05) is 6.92 Å². The van der Waals surface area contributed by atoms with E-state index in [0.717, 1.165) is 6.42 Å². The van der Waals surface area contributed by atoms with Crippen molar-refractivity contribution in [2.45, 2.75) is 85.3 Å². The summed E-state index contributed by atoms with van der Waals surface area (Å²) < 4.78 is 16.1. The molecule has 0 aliphatic carbocycles. The van der Waals surface area contributed by atoms with Gasteiger partial charge < -0.3 is 25.1 Å². The first-order valence-electron chi connectivity index (χ1n) is 11.6. The zero-order valence-electron chi connectivity index (χ0n) is 20.9. The molecule has 2 atom stereocenters. The number of hydrogen-bond acceptors (Lipinski definition) is 8. The monoisotopic (exact) mass is 479 g/mol. The zero-order chi connectivity index (χ0) is 26.1. The van der Waals surface area contributed by atoms with E-state index in [2.05, 4.69) is 0 Å². The van der Waals surface area contributed by atoms with Gasteiger partial charge in [0.25, 0.3) is 0 Å². The summed E-state index contributed by atoms with van der Waals surface area (Å²) in [4.78, 5) is 48.2. The summed E-state index contributed by atoms with van der Waals surface area (Å²) in [5, 5.41) is 9.82. The summed E-state index contributed by atoms with van der Waals surface area (Å²) >= 11 is 0. The van der Waals surface area contributed by atoms with Gasteiger partial charge in [-0.1, -0.05) is 47.1 Å². The predicted octanol–water partition coefficient (Wildman–Crippen LogP) is 3.65. The van der Waals surface area contributed by atoms with Crippen LogP contribution < -0.4 is 15.2 Å². The van der Waals surface area contributed by atoms with Gasteiger partial charge in [0.1, 0.15) is 11.6 Å². The standard InChI is InChI=1S/C25H37NO8/c1-7-8-9-21(27)32-17(6)13-25(26,24(30)31)14-18-10-11-19(33-22(28)15(2)3)20(12-18)34-23(29)16(4)5/h10-12,15-17H,7-9,13-14,26H2,1-6H3,(H,30,31)/t17-,25?/m0/s1. The lowest BCUT2D eigenvalue weighted by molar-refractivity contribution is -0.153. The highest BCUT2D eigenvalue weighted by atomic mass is 16.6. The molecule has 1 aromatic carbocycles. The molecule has 34 heavy (non-hydrogen) atoms. The maximum atomic E-state index is 12.2. The summed E-state index contributed by atoms with van der Waals surface area (Å²) in [7, 11) is 0. The average molecular weight is 480 g/mol. The molecule has 0 bridgehead atoms. The van der Waals surface area contributed by atoms with Crippen molar-refractivity contribution in [3.8, 4) is 11.5 Å². The van der Waals surface area contributed by atoms with Crippen LogP contribution in [0.1, 0.15) is 72.8 Å². The summed E-state index contributed by atoms with van der Waals surface area (Å²) in [5.41, 5.74) is 4.92. The maximum absolute atomic E-state index is 12.2. The topological polar surface area (TPSA) is 142 Å². The van der Waals surface area contributed by atoms with Crippen LogP contribution in [0.3, 0.4) is 0 Å². The van der Waals surface area contributed by atoms with Gasteiger partial charge in [0.2, 0.25) is 0 Å². The van der Waals surface area contributed by atoms with E-state index >= 15 is 0 Å². The second-order valence-electron chi connectivity index (χ2n) is 9.18. The number of carbonyl (C=O) groups is 4. The van der Waals surface area contributed by atoms with E-state index in [1.54, 1.807) is 40.7 Å². The molecular weight excluding hydrogens is 442 g/mol. The van der Waals surface area contributed by atoms with E-state index in [-0.39, 0.29) is 30.8 Å². The van der Waals surface area contributed by atoms with Crippen LogP contribution in [0.25, 0.3) is 0 Å². The minimum absolute atomic E-state index is 0.00280. The summed E-state index contributed by atoms with van der Waals surface area (Å²) in [6.07, 6.45) is 0.812. The lowest BCUT2D eigenvalue weighted by atomic mass is 9.86. The molecule has 0 aliphatic heterocycles. The smallest absolute Gasteiger partial charge is 0.324 e. The molecular formula is C25H37NO8. The van der Waals surface area contributed by atoms with Crippen molar-refractivity contribution in [2.75, 3.05) is 0 Å². The number of benzene rings is 1. The lowest BCUT2D eigenvalue weighted by Gasteiger charge is -2.28. The summed E-state index contributed by atoms with van der Waals surface area (Å²) in [6, 6.07) is 4.43. The van der Waals surface area contributed by atoms with Crippen molar-refractivity contribution in [2.24, 2.45) is 17.6 Å². The number of carboxylic acids is 1. The Hall–Kier alpha value is -2.94. The van der Waals surface area contributed by atoms with E-state index in [0.29, 0.717) is 12.0 Å². The lowest BCUT2D eigenvalue weighted by Crippen LogP contribution is -2.52. The number of rotatable bonds is 13. The molecule has 0 fully saturated rings. The van der Waals surface area contributed by atoms with Crippen LogP contribution in [0.2, 0.25) is 0 Å². The van der Waals surface area contributed by atoms with Crippen LogP contribution in [0.5, 0.6) is 11.5 Å². The fourth-order valence-electron chi connectivity index (χ4n) is 3.04. The third kappa shape index (κ3) is 9.13. The molecule has 9 heteroatoms. The third-order valence-electron chi connectivity index (χ3n) is 5.04. The molecule has 0 spiro atoms. The predicted molar refractivity (Wildman–Crippen MR) is 125 cm³/mol. The molecule has 1 unspecified atom stereocenters. The fourth-order valence-corrected chi connectivity index (χ4v) is 3.04. The molecule has 0 aliphatic rings. The van der Waals surface area contributed by atoms with Gasteiger partial charge in [-0.05, 0) is 31.0 Å². The van der Waals surface area contributed by atoms with Crippen LogP contribution in [0, 0.1) is 11.8 Å². The van der Waals surface area contributed by atoms with Gasteiger partial charge in [0.15, 0.2) is 11.5 Å². The highest BCUT2D eigenvalue weighted by Gasteiger charge is 2.37. The number of unbranched alkanes of at least 4 members (excludes halogenated alkanes) is 1. The first kappa shape index (κ1) is 29.1. The van der Waals surface area contributed by atoms with Gasteiger partial charge in [0, 0.05) is 19.3 Å². The third-order valence-corrected chi connectivity index (χ3v) is 5.04. The number of hydrogen-bond donors (Lipinski definition) is 2. The van der Waals surface area contributed by atoms with E-state index < -0.39 is 47.4 Å². The Morgan fingerprint density at radius 3 is 2.03 bits per heavy atom. The SMILES string of the molecule is CCCCC(=O)O[C@@H](C)CC(N)(Cc1ccc(OC(=O)C(C)C)c(OC(=O)C(C)C)c1)C(=O)O. The molecule has 0 radical (unpaired) electrons. The van der Waals surface area contributed by atoms with Crippen LogP contribution >= 0.6 is 0 Å². The van der Waals surface area contributed by atoms with Crippen molar-refractivity contribution in [1.82, 2.24) is 0 Å². The van der Waals surface area contributed by atoms with Crippen molar-refractivity contribution in [3.05, 3.63) is 23.8 Å². The Bertz CT molecular complexity index is 880. The first-order valence-corrected chi connectivity index (χ1v) is 11.6. The van der Waals surface area contributed by atoms with Crippen LogP contribution in [-0.4, -0.2) is 40.6 Å². The number of esters is 3. The van der Waals surface area contributed by atoms with Crippen LogP contribution in [-0.2, 0) is 30.3 Å². The molecule has 0 heterocycles. The highest BCUT2D eigenvalue weighted by Crippen LogP contribution is 2.32. The molecule has 0 saturated heterocycles. The highest BCUT2D eigenvalue weighted by molar-refractivity contribution is 5.80. The molecule has 0 amide bonds. The Labute approximate surface area is 200 Å². The number of nitrogens with two attached hydrogens (primary N) is 1. The van der Waals surface area contributed by atoms with Crippen LogP contribution in [0.15, 0.2) is 18.2 Å². The van der Waals surface area contributed by atoms with Crippen molar-refractivity contribution in [1.29, 1.82) is 0 Å². The van der Waals surface area contributed by atoms with Crippen LogP contribution in [0.4, 0.5) is 0 Å². The number of aliphatic carboxylic acids is 1. The number of ether oxygens (including phenoxy) is 3. The molecule has 1 rings (SSSR count). The maximum Gasteiger partial charge on any atom is 0.324 e. The minimum Gasteiger partial charge on any atom is -0.480 e. The van der Waals surface area contributed by atoms with Gasteiger partial charge in [-0.3, -0.25) is 19.2 Å². The molecule has 0 saturated carbocycles. The van der Waals surface area contributed by atoms with Gasteiger partial charge in [0.05, 0.1) is 11.8 Å². The van der Waals surface area contributed by atoms with E-state index in [1.165, 1.54) is 12.1 Å². The largest absolute Gasteiger partial charge is 0.480 e. The molecule has 1 aromatic rings. The second kappa shape index (κ2) is 13.1. The second-order valence-corrected chi connectivity index (χ2v) is 9.18. The molecule has 0 aromatic heterocycles. The Kier molecular flexibility index (Phi) is 11.2. The van der Waals surface area contributed by atoms with Gasteiger partial charge >= 0.3 is 23.9 Å². The van der Waals surface area contributed by atoms with Crippen molar-refractivity contribution < 1.29 is 38.5 Å². The van der Waals surface area contributed by atoms with Crippen molar-refractivity contribution >= 4 is 23.9 Å². The normalized spacial score (nSPS) is 13.8. The molecule has 9 nitrogen and oxygen atoms in total. The quantitative estimate of drug-likeness (QED) is 0.320. The molecule has 190 valence electrons. The van der Waals surface area contributed by atoms with E-state index in [4.69, 9.17) is 19.9 Å². The zero-order valence-corrected chi connectivity index (χ0v) is 20.9. The Morgan fingerprint density at radius 2 is 1.53 bits per heavy atom. The Balaban J connectivity index is 3.15. The Morgan fingerprint density at radius 1 is 0.971 bits per heavy atom. The van der Waals surface area contributed by atoms with Crippen molar-refractivity contribution in [3.63, 3.8) is 0 Å². The van der Waals surface area contributed by atoms with Gasteiger partial charge in [-0.15, -0.1) is 0 Å².